The van der Waals surface area contributed by atoms with Crippen LogP contribution in [0.2, 0.25) is 5.02 Å². The molecule has 2 heterocycles. The molecule has 2 fully saturated rings. The largest absolute Gasteiger partial charge is 0.393 e. The number of amides is 1. The highest BCUT2D eigenvalue weighted by molar-refractivity contribution is 6.33. The number of primary amides is 1. The van der Waals surface area contributed by atoms with Crippen LogP contribution in [0.25, 0.3) is 11.2 Å². The van der Waals surface area contributed by atoms with E-state index < -0.39 is 11.6 Å². The van der Waals surface area contributed by atoms with Crippen LogP contribution in [0.1, 0.15) is 57.4 Å². The second kappa shape index (κ2) is 10.1. The normalized spacial score (nSPS) is 24.6. The maximum Gasteiger partial charge on any atom is 0.224 e. The van der Waals surface area contributed by atoms with Crippen LogP contribution in [0.3, 0.4) is 0 Å². The fourth-order valence-electron chi connectivity index (χ4n) is 5.26. The number of anilines is 3. The third-order valence-electron chi connectivity index (χ3n) is 7.12. The number of aliphatic hydroxyl groups is 1. The van der Waals surface area contributed by atoms with Gasteiger partial charge in [-0.05, 0) is 57.4 Å². The lowest BCUT2D eigenvalue weighted by Gasteiger charge is -2.29. The summed E-state index contributed by atoms with van der Waals surface area (Å²) in [5.41, 5.74) is 6.44. The zero-order valence-electron chi connectivity index (χ0n) is 19.6. The number of aromatic nitrogens is 4. The number of imidazole rings is 1. The number of rotatable bonds is 6. The first-order valence-electron chi connectivity index (χ1n) is 12.2. The standard InChI is InChI=1S/C24H28ClF2N7O2/c25-17-8-13(26)9-18(27)20(17)32-24-31-19-11-29-23(30-14-2-1-3-16(35)10-14)33-22(19)34(24)15-6-4-12(5-7-15)21(28)36/h8-9,11-12,14-16,35H,1-7,10H2,(H2,28,36)(H,31,32)(H,29,30,33)/t12?,14-,15?,16-/m0/s1. The molecule has 0 saturated heterocycles. The Hall–Kier alpha value is -3.05. The minimum absolute atomic E-state index is 0.0540. The van der Waals surface area contributed by atoms with E-state index in [-0.39, 0.29) is 40.7 Å². The third kappa shape index (κ3) is 5.08. The van der Waals surface area contributed by atoms with Crippen molar-refractivity contribution in [2.24, 2.45) is 11.7 Å². The smallest absolute Gasteiger partial charge is 0.224 e. The van der Waals surface area contributed by atoms with Crippen molar-refractivity contribution >= 4 is 46.3 Å². The van der Waals surface area contributed by atoms with Crippen LogP contribution in [0, 0.1) is 17.6 Å². The van der Waals surface area contributed by atoms with Gasteiger partial charge in [-0.25, -0.2) is 18.7 Å². The highest BCUT2D eigenvalue weighted by Crippen LogP contribution is 2.38. The Labute approximate surface area is 211 Å². The Morgan fingerprint density at radius 3 is 2.61 bits per heavy atom. The quantitative estimate of drug-likeness (QED) is 0.379. The average Bonchev–Trinajstić information content (AvgIpc) is 3.18. The van der Waals surface area contributed by atoms with Gasteiger partial charge in [0.2, 0.25) is 17.8 Å². The lowest BCUT2D eigenvalue weighted by atomic mass is 9.85. The molecular formula is C24H28ClF2N7O2. The molecule has 192 valence electrons. The summed E-state index contributed by atoms with van der Waals surface area (Å²) in [5, 5.41) is 16.1. The van der Waals surface area contributed by atoms with E-state index in [1.54, 1.807) is 6.20 Å². The van der Waals surface area contributed by atoms with Crippen LogP contribution < -0.4 is 16.4 Å². The summed E-state index contributed by atoms with van der Waals surface area (Å²) in [6.07, 6.45) is 6.99. The van der Waals surface area contributed by atoms with Crippen LogP contribution in [0.4, 0.5) is 26.4 Å². The minimum atomic E-state index is -0.847. The second-order valence-corrected chi connectivity index (χ2v) is 10.1. The summed E-state index contributed by atoms with van der Waals surface area (Å²) in [6.45, 7) is 0. The van der Waals surface area contributed by atoms with Crippen molar-refractivity contribution in [1.29, 1.82) is 0 Å². The topological polar surface area (TPSA) is 131 Å². The van der Waals surface area contributed by atoms with Gasteiger partial charge < -0.3 is 21.5 Å². The first kappa shape index (κ1) is 24.6. The van der Waals surface area contributed by atoms with E-state index in [2.05, 4.69) is 20.6 Å². The van der Waals surface area contributed by atoms with Gasteiger partial charge in [0.25, 0.3) is 0 Å². The molecule has 0 unspecified atom stereocenters. The lowest BCUT2D eigenvalue weighted by molar-refractivity contribution is -0.122. The van der Waals surface area contributed by atoms with E-state index in [9.17, 15) is 18.7 Å². The molecule has 1 amide bonds. The minimum Gasteiger partial charge on any atom is -0.393 e. The molecule has 3 aromatic rings. The molecule has 12 heteroatoms. The van der Waals surface area contributed by atoms with Crippen molar-refractivity contribution in [3.05, 3.63) is 35.0 Å². The summed E-state index contributed by atoms with van der Waals surface area (Å²) < 4.78 is 30.1. The van der Waals surface area contributed by atoms with Gasteiger partial charge in [-0.1, -0.05) is 11.6 Å². The fourth-order valence-corrected chi connectivity index (χ4v) is 5.51. The summed E-state index contributed by atoms with van der Waals surface area (Å²) >= 11 is 6.13. The van der Waals surface area contributed by atoms with Crippen LogP contribution >= 0.6 is 11.6 Å². The first-order chi connectivity index (χ1) is 17.3. The predicted molar refractivity (Wildman–Crippen MR) is 132 cm³/mol. The van der Waals surface area contributed by atoms with Gasteiger partial charge in [0.15, 0.2) is 11.5 Å². The van der Waals surface area contributed by atoms with Crippen LogP contribution in [-0.2, 0) is 4.79 Å². The fraction of sp³-hybridized carbons (Fsp3) is 0.500. The number of halogens is 3. The van der Waals surface area contributed by atoms with E-state index in [0.29, 0.717) is 55.2 Å². The number of hydrogen-bond acceptors (Lipinski definition) is 7. The molecule has 1 aromatic carbocycles. The molecule has 0 radical (unpaired) electrons. The summed E-state index contributed by atoms with van der Waals surface area (Å²) in [6, 6.07) is 1.74. The average molecular weight is 520 g/mol. The Kier molecular flexibility index (Phi) is 6.94. The molecule has 2 aliphatic rings. The Balaban J connectivity index is 1.51. The van der Waals surface area contributed by atoms with Crippen molar-refractivity contribution in [3.8, 4) is 0 Å². The molecule has 0 spiro atoms. The zero-order valence-corrected chi connectivity index (χ0v) is 20.3. The number of hydrogen-bond donors (Lipinski definition) is 4. The van der Waals surface area contributed by atoms with Gasteiger partial charge in [0.05, 0.1) is 23.0 Å². The number of nitrogens with two attached hydrogens (primary N) is 1. The molecule has 5 rings (SSSR count). The summed E-state index contributed by atoms with van der Waals surface area (Å²) in [5.74, 6) is -1.44. The highest BCUT2D eigenvalue weighted by atomic mass is 35.5. The Bertz CT molecular complexity index is 1260. The van der Waals surface area contributed by atoms with Crippen LogP contribution in [0.15, 0.2) is 18.3 Å². The summed E-state index contributed by atoms with van der Waals surface area (Å²) in [4.78, 5) is 25.4. The molecule has 2 aliphatic carbocycles. The molecule has 36 heavy (non-hydrogen) atoms. The number of aliphatic hydroxyl groups excluding tert-OH is 1. The van der Waals surface area contributed by atoms with Crippen molar-refractivity contribution < 1.29 is 18.7 Å². The molecule has 2 aromatic heterocycles. The number of benzene rings is 1. The van der Waals surface area contributed by atoms with Gasteiger partial charge in [0, 0.05) is 24.1 Å². The van der Waals surface area contributed by atoms with E-state index in [1.807, 2.05) is 4.57 Å². The second-order valence-electron chi connectivity index (χ2n) is 9.65. The predicted octanol–water partition coefficient (Wildman–Crippen LogP) is 4.43. The number of carbonyl (C=O) groups is 1. The van der Waals surface area contributed by atoms with Crippen molar-refractivity contribution in [1.82, 2.24) is 19.5 Å². The highest BCUT2D eigenvalue weighted by Gasteiger charge is 2.30. The van der Waals surface area contributed by atoms with Crippen molar-refractivity contribution in [2.45, 2.75) is 69.6 Å². The number of nitrogens with zero attached hydrogens (tertiary/aromatic N) is 4. The lowest BCUT2D eigenvalue weighted by Crippen LogP contribution is -2.30. The Morgan fingerprint density at radius 2 is 1.92 bits per heavy atom. The molecule has 9 nitrogen and oxygen atoms in total. The third-order valence-corrected chi connectivity index (χ3v) is 7.42. The first-order valence-corrected chi connectivity index (χ1v) is 12.6. The van der Waals surface area contributed by atoms with Gasteiger partial charge in [0.1, 0.15) is 11.3 Å². The van der Waals surface area contributed by atoms with Crippen molar-refractivity contribution in [3.63, 3.8) is 0 Å². The number of nitrogens with one attached hydrogen (secondary N) is 2. The van der Waals surface area contributed by atoms with E-state index in [1.165, 1.54) is 0 Å². The Morgan fingerprint density at radius 1 is 1.14 bits per heavy atom. The number of fused-ring (bicyclic) bond motifs is 1. The maximum absolute atomic E-state index is 14.6. The molecular weight excluding hydrogens is 492 g/mol. The van der Waals surface area contributed by atoms with Gasteiger partial charge in [-0.2, -0.15) is 4.98 Å². The van der Waals surface area contributed by atoms with Crippen LogP contribution in [0.5, 0.6) is 0 Å². The van der Waals surface area contributed by atoms with Crippen molar-refractivity contribution in [2.75, 3.05) is 10.6 Å². The zero-order chi connectivity index (χ0) is 25.4. The van der Waals surface area contributed by atoms with E-state index in [4.69, 9.17) is 22.3 Å². The van der Waals surface area contributed by atoms with Gasteiger partial charge in [-0.15, -0.1) is 0 Å². The summed E-state index contributed by atoms with van der Waals surface area (Å²) in [7, 11) is 0. The maximum atomic E-state index is 14.6. The molecule has 5 N–H and O–H groups in total. The SMILES string of the molecule is NC(=O)C1CCC(n2c(Nc3c(F)cc(F)cc3Cl)nc3cnc(N[C@H]4CCC[C@H](O)C4)nc32)CC1. The molecule has 0 aliphatic heterocycles. The monoisotopic (exact) mass is 519 g/mol. The van der Waals surface area contributed by atoms with Crippen LogP contribution in [-0.4, -0.2) is 42.7 Å². The molecule has 0 bridgehead atoms. The number of carbonyl (C=O) groups excluding carboxylic acids is 1. The van der Waals surface area contributed by atoms with E-state index >= 15 is 0 Å². The van der Waals surface area contributed by atoms with E-state index in [0.717, 1.165) is 31.4 Å². The van der Waals surface area contributed by atoms with Gasteiger partial charge >= 0.3 is 0 Å². The molecule has 2 saturated carbocycles. The molecule has 2 atom stereocenters. The van der Waals surface area contributed by atoms with Gasteiger partial charge in [-0.3, -0.25) is 9.36 Å².